The summed E-state index contributed by atoms with van der Waals surface area (Å²) in [6.07, 6.45) is -3.73. The van der Waals surface area contributed by atoms with E-state index in [0.29, 0.717) is 5.56 Å². The number of aromatic nitrogens is 2. The van der Waals surface area contributed by atoms with E-state index >= 15 is 0 Å². The van der Waals surface area contributed by atoms with Crippen LogP contribution in [0, 0.1) is 6.92 Å². The molecule has 104 valence electrons. The summed E-state index contributed by atoms with van der Waals surface area (Å²) < 4.78 is 6.26. The van der Waals surface area contributed by atoms with Crippen LogP contribution in [-0.4, -0.2) is 43.2 Å². The van der Waals surface area contributed by atoms with Gasteiger partial charge in [-0.15, -0.1) is 0 Å². The van der Waals surface area contributed by atoms with Crippen molar-refractivity contribution in [3.8, 4) is 0 Å². The quantitative estimate of drug-likeness (QED) is 0.497. The number of aryl methyl sites for hydroxylation is 1. The first-order valence-corrected chi connectivity index (χ1v) is 5.57. The molecule has 0 saturated carbocycles. The average molecular weight is 269 g/mol. The van der Waals surface area contributed by atoms with Crippen molar-refractivity contribution in [2.45, 2.75) is 31.5 Å². The van der Waals surface area contributed by atoms with Crippen molar-refractivity contribution in [2.75, 3.05) is 5.73 Å². The number of rotatable bonds is 2. The minimum Gasteiger partial charge on any atom is -0.510 e. The van der Waals surface area contributed by atoms with Crippen LogP contribution in [0.1, 0.15) is 11.8 Å². The first-order chi connectivity index (χ1) is 8.82. The Bertz CT molecular complexity index is 570. The Labute approximate surface area is 108 Å². The van der Waals surface area contributed by atoms with E-state index in [1.807, 2.05) is 0 Å². The fourth-order valence-corrected chi connectivity index (χ4v) is 1.93. The Morgan fingerprint density at radius 3 is 2.68 bits per heavy atom. The fourth-order valence-electron chi connectivity index (χ4n) is 1.93. The molecule has 19 heavy (non-hydrogen) atoms. The SMILES string of the molecule is C=C(O)[C@H]1O[C@@H](n2cc(C)c(N)nc2=O)[C@H](O)[C@@H]1O. The lowest BCUT2D eigenvalue weighted by atomic mass is 10.1. The van der Waals surface area contributed by atoms with Gasteiger partial charge < -0.3 is 25.8 Å². The lowest BCUT2D eigenvalue weighted by Gasteiger charge is -2.17. The third kappa shape index (κ3) is 2.21. The van der Waals surface area contributed by atoms with Gasteiger partial charge in [-0.3, -0.25) is 4.57 Å². The zero-order valence-electron chi connectivity index (χ0n) is 10.2. The Morgan fingerprint density at radius 1 is 1.53 bits per heavy atom. The number of nitrogens with zero attached hydrogens (tertiary/aromatic N) is 2. The number of hydrogen-bond donors (Lipinski definition) is 4. The predicted molar refractivity (Wildman–Crippen MR) is 65.3 cm³/mol. The van der Waals surface area contributed by atoms with Gasteiger partial charge in [-0.25, -0.2) is 4.79 Å². The lowest BCUT2D eigenvalue weighted by molar-refractivity contribution is -0.0387. The van der Waals surface area contributed by atoms with Crippen molar-refractivity contribution >= 4 is 5.82 Å². The molecule has 1 aromatic rings. The molecule has 0 spiro atoms. The number of anilines is 1. The molecule has 0 aliphatic carbocycles. The first kappa shape index (κ1) is 13.5. The van der Waals surface area contributed by atoms with Crippen LogP contribution in [0.4, 0.5) is 5.82 Å². The van der Waals surface area contributed by atoms with Gasteiger partial charge in [0.15, 0.2) is 6.23 Å². The number of ether oxygens (including phenoxy) is 1. The molecule has 1 aliphatic rings. The third-order valence-electron chi connectivity index (χ3n) is 3.01. The van der Waals surface area contributed by atoms with Gasteiger partial charge >= 0.3 is 5.69 Å². The van der Waals surface area contributed by atoms with Crippen molar-refractivity contribution in [3.05, 3.63) is 34.6 Å². The maximum Gasteiger partial charge on any atom is 0.351 e. The van der Waals surface area contributed by atoms with Crippen molar-refractivity contribution in [1.29, 1.82) is 0 Å². The molecule has 2 heterocycles. The summed E-state index contributed by atoms with van der Waals surface area (Å²) in [4.78, 5) is 15.3. The molecule has 2 rings (SSSR count). The average Bonchev–Trinajstić information content (AvgIpc) is 2.62. The van der Waals surface area contributed by atoms with Crippen LogP contribution in [0.15, 0.2) is 23.3 Å². The van der Waals surface area contributed by atoms with Crippen LogP contribution in [0.25, 0.3) is 0 Å². The van der Waals surface area contributed by atoms with Gasteiger partial charge in [-0.1, -0.05) is 6.58 Å². The molecule has 1 saturated heterocycles. The molecule has 1 aliphatic heterocycles. The Balaban J connectivity index is 2.41. The van der Waals surface area contributed by atoms with E-state index in [4.69, 9.17) is 10.5 Å². The Kier molecular flexibility index (Phi) is 3.31. The normalized spacial score (nSPS) is 30.5. The van der Waals surface area contributed by atoms with E-state index in [1.54, 1.807) is 6.92 Å². The molecule has 1 aromatic heterocycles. The van der Waals surface area contributed by atoms with Crippen LogP contribution in [0.3, 0.4) is 0 Å². The van der Waals surface area contributed by atoms with Crippen molar-refractivity contribution < 1.29 is 20.1 Å². The van der Waals surface area contributed by atoms with E-state index < -0.39 is 36.0 Å². The molecule has 8 heteroatoms. The summed E-state index contributed by atoms with van der Waals surface area (Å²) in [6.45, 7) is 4.88. The highest BCUT2D eigenvalue weighted by Gasteiger charge is 2.45. The van der Waals surface area contributed by atoms with Gasteiger partial charge in [-0.05, 0) is 6.92 Å². The summed E-state index contributed by atoms with van der Waals surface area (Å²) >= 11 is 0. The molecule has 8 nitrogen and oxygen atoms in total. The van der Waals surface area contributed by atoms with Crippen LogP contribution in [0.2, 0.25) is 0 Å². The highest BCUT2D eigenvalue weighted by molar-refractivity contribution is 5.35. The molecule has 5 N–H and O–H groups in total. The molecular formula is C11H15N3O5. The monoisotopic (exact) mass is 269 g/mol. The molecular weight excluding hydrogens is 254 g/mol. The second-order valence-electron chi connectivity index (χ2n) is 4.42. The van der Waals surface area contributed by atoms with Crippen molar-refractivity contribution in [1.82, 2.24) is 9.55 Å². The number of aliphatic hydroxyl groups is 3. The molecule has 0 unspecified atom stereocenters. The third-order valence-corrected chi connectivity index (χ3v) is 3.01. The maximum absolute atomic E-state index is 11.7. The van der Waals surface area contributed by atoms with Gasteiger partial charge in [-0.2, -0.15) is 4.98 Å². The molecule has 1 fully saturated rings. The number of nitrogen functional groups attached to an aromatic ring is 1. The summed E-state index contributed by atoms with van der Waals surface area (Å²) in [7, 11) is 0. The first-order valence-electron chi connectivity index (χ1n) is 5.57. The van der Waals surface area contributed by atoms with Crippen molar-refractivity contribution in [3.63, 3.8) is 0 Å². The van der Waals surface area contributed by atoms with Gasteiger partial charge in [0.1, 0.15) is 29.9 Å². The molecule has 0 amide bonds. The molecule has 0 aromatic carbocycles. The topological polar surface area (TPSA) is 131 Å². The van der Waals surface area contributed by atoms with Crippen LogP contribution in [-0.2, 0) is 4.74 Å². The standard InChI is InChI=1S/C11H15N3O5/c1-4-3-14(11(18)13-9(4)12)10-7(17)6(16)8(19-10)5(2)15/h3,6-8,10,15-17H,2H2,1H3,(H2,12,13,18)/t6-,7+,8+,10+/m0/s1. The van der Waals surface area contributed by atoms with E-state index in [2.05, 4.69) is 11.6 Å². The molecule has 4 atom stereocenters. The number of hydrogen-bond acceptors (Lipinski definition) is 7. The Hall–Kier alpha value is -1.90. The van der Waals surface area contributed by atoms with Gasteiger partial charge in [0.25, 0.3) is 0 Å². The second kappa shape index (κ2) is 4.65. The minimum absolute atomic E-state index is 0.0809. The highest BCUT2D eigenvalue weighted by atomic mass is 16.6. The highest BCUT2D eigenvalue weighted by Crippen LogP contribution is 2.31. The number of aliphatic hydroxyl groups excluding tert-OH is 3. The molecule has 0 radical (unpaired) electrons. The van der Waals surface area contributed by atoms with E-state index in [9.17, 15) is 20.1 Å². The summed E-state index contributed by atoms with van der Waals surface area (Å²) in [5.41, 5.74) is 5.30. The van der Waals surface area contributed by atoms with Crippen LogP contribution >= 0.6 is 0 Å². The van der Waals surface area contributed by atoms with Crippen LogP contribution < -0.4 is 11.4 Å². The molecule has 0 bridgehead atoms. The van der Waals surface area contributed by atoms with E-state index in [-0.39, 0.29) is 5.82 Å². The van der Waals surface area contributed by atoms with E-state index in [1.165, 1.54) is 6.20 Å². The predicted octanol–water partition coefficient (Wildman–Crippen LogP) is -1.18. The van der Waals surface area contributed by atoms with Gasteiger partial charge in [0.2, 0.25) is 0 Å². The number of nitrogens with two attached hydrogens (primary N) is 1. The zero-order chi connectivity index (χ0) is 14.3. The summed E-state index contributed by atoms with van der Waals surface area (Å²) in [5.74, 6) is -0.348. The van der Waals surface area contributed by atoms with Gasteiger partial charge in [0.05, 0.1) is 0 Å². The lowest BCUT2D eigenvalue weighted by Crippen LogP contribution is -2.36. The Morgan fingerprint density at radius 2 is 2.16 bits per heavy atom. The second-order valence-corrected chi connectivity index (χ2v) is 4.42. The van der Waals surface area contributed by atoms with E-state index in [0.717, 1.165) is 4.57 Å². The zero-order valence-corrected chi connectivity index (χ0v) is 10.2. The van der Waals surface area contributed by atoms with Gasteiger partial charge in [0, 0.05) is 11.8 Å². The minimum atomic E-state index is -1.39. The summed E-state index contributed by atoms with van der Waals surface area (Å²) in [6, 6.07) is 0. The maximum atomic E-state index is 11.7. The largest absolute Gasteiger partial charge is 0.510 e. The fraction of sp³-hybridized carbons (Fsp3) is 0.455. The summed E-state index contributed by atoms with van der Waals surface area (Å²) in [5, 5.41) is 28.8. The van der Waals surface area contributed by atoms with Crippen LogP contribution in [0.5, 0.6) is 0 Å². The smallest absolute Gasteiger partial charge is 0.351 e. The van der Waals surface area contributed by atoms with Crippen molar-refractivity contribution in [2.24, 2.45) is 0 Å².